The van der Waals surface area contributed by atoms with Crippen LogP contribution in [-0.2, 0) is 4.79 Å². The number of nitrogens with zero attached hydrogens (tertiary/aromatic N) is 1. The molecule has 3 aromatic rings. The Morgan fingerprint density at radius 3 is 2.70 bits per heavy atom. The van der Waals surface area contributed by atoms with Gasteiger partial charge in [0.25, 0.3) is 5.91 Å². The molecule has 0 radical (unpaired) electrons. The van der Waals surface area contributed by atoms with Crippen molar-refractivity contribution in [1.82, 2.24) is 15.3 Å². The number of carbonyl (C=O) groups excluding carboxylic acids is 2. The summed E-state index contributed by atoms with van der Waals surface area (Å²) >= 11 is 0. The van der Waals surface area contributed by atoms with Crippen LogP contribution in [0.1, 0.15) is 22.8 Å². The predicted octanol–water partition coefficient (Wildman–Crippen LogP) is 1.84. The highest BCUT2D eigenvalue weighted by Gasteiger charge is 2.09. The number of pyridine rings is 1. The van der Waals surface area contributed by atoms with E-state index in [9.17, 15) is 14.7 Å². The summed E-state index contributed by atoms with van der Waals surface area (Å²) in [5.41, 5.74) is 8.97. The second-order valence-corrected chi connectivity index (χ2v) is 6.24. The molecule has 0 aliphatic carbocycles. The summed E-state index contributed by atoms with van der Waals surface area (Å²) in [7, 11) is 0. The van der Waals surface area contributed by atoms with Crippen LogP contribution in [0.4, 0.5) is 0 Å². The average Bonchev–Trinajstić information content (AvgIpc) is 3.06. The Morgan fingerprint density at radius 2 is 2.04 bits per heavy atom. The van der Waals surface area contributed by atoms with Crippen LogP contribution < -0.4 is 11.1 Å². The SMILES string of the molecule is C[C@@H](O)CNC(=O)c1ccc(-c2cnc3[nH]cc(/C=C/C(N)=O)c3c2)cc1. The molecular formula is C20H20N4O3. The molecule has 0 spiro atoms. The molecule has 0 aliphatic rings. The zero-order chi connectivity index (χ0) is 19.4. The monoisotopic (exact) mass is 364 g/mol. The minimum atomic E-state index is -0.592. The van der Waals surface area contributed by atoms with Gasteiger partial charge < -0.3 is 21.1 Å². The number of benzene rings is 1. The number of aromatic amines is 1. The lowest BCUT2D eigenvalue weighted by Crippen LogP contribution is -2.30. The molecular weight excluding hydrogens is 344 g/mol. The summed E-state index contributed by atoms with van der Waals surface area (Å²) in [5.74, 6) is -0.751. The van der Waals surface area contributed by atoms with E-state index in [0.717, 1.165) is 22.1 Å². The van der Waals surface area contributed by atoms with Crippen molar-refractivity contribution in [1.29, 1.82) is 0 Å². The molecule has 0 bridgehead atoms. The highest BCUT2D eigenvalue weighted by Crippen LogP contribution is 2.25. The Kier molecular flexibility index (Phi) is 5.33. The molecule has 0 aliphatic heterocycles. The van der Waals surface area contributed by atoms with Gasteiger partial charge in [-0.15, -0.1) is 0 Å². The van der Waals surface area contributed by atoms with Crippen molar-refractivity contribution in [3.63, 3.8) is 0 Å². The number of hydrogen-bond donors (Lipinski definition) is 4. The second-order valence-electron chi connectivity index (χ2n) is 6.24. The van der Waals surface area contributed by atoms with Crippen molar-refractivity contribution >= 4 is 28.9 Å². The molecule has 5 N–H and O–H groups in total. The van der Waals surface area contributed by atoms with Crippen molar-refractivity contribution in [2.75, 3.05) is 6.54 Å². The first-order valence-corrected chi connectivity index (χ1v) is 8.45. The van der Waals surface area contributed by atoms with Gasteiger partial charge in [0.2, 0.25) is 5.91 Å². The van der Waals surface area contributed by atoms with Gasteiger partial charge in [0.15, 0.2) is 0 Å². The summed E-state index contributed by atoms with van der Waals surface area (Å²) < 4.78 is 0. The van der Waals surface area contributed by atoms with Gasteiger partial charge in [0.1, 0.15) is 5.65 Å². The van der Waals surface area contributed by atoms with E-state index in [1.807, 2.05) is 18.2 Å². The average molecular weight is 364 g/mol. The lowest BCUT2D eigenvalue weighted by Gasteiger charge is -2.08. The van der Waals surface area contributed by atoms with Crippen LogP contribution in [0.5, 0.6) is 0 Å². The van der Waals surface area contributed by atoms with Gasteiger partial charge in [-0.1, -0.05) is 12.1 Å². The fourth-order valence-corrected chi connectivity index (χ4v) is 2.65. The van der Waals surface area contributed by atoms with Crippen molar-refractivity contribution in [3.8, 4) is 11.1 Å². The number of nitrogens with two attached hydrogens (primary N) is 1. The Hall–Kier alpha value is -3.45. The third-order valence-corrected chi connectivity index (χ3v) is 4.03. The fourth-order valence-electron chi connectivity index (χ4n) is 2.65. The Morgan fingerprint density at radius 1 is 1.30 bits per heavy atom. The van der Waals surface area contributed by atoms with Crippen LogP contribution in [0.3, 0.4) is 0 Å². The summed E-state index contributed by atoms with van der Waals surface area (Å²) in [6.45, 7) is 1.82. The van der Waals surface area contributed by atoms with E-state index in [1.165, 1.54) is 6.08 Å². The maximum absolute atomic E-state index is 12.0. The summed E-state index contributed by atoms with van der Waals surface area (Å²) in [6, 6.07) is 9.09. The molecule has 0 fully saturated rings. The number of aliphatic hydroxyl groups excluding tert-OH is 1. The molecule has 2 amide bonds. The first-order chi connectivity index (χ1) is 12.9. The molecule has 0 saturated heterocycles. The molecule has 27 heavy (non-hydrogen) atoms. The molecule has 1 aromatic carbocycles. The normalized spacial score (nSPS) is 12.4. The Labute approximate surface area is 155 Å². The number of H-pyrrole nitrogens is 1. The second kappa shape index (κ2) is 7.84. The van der Waals surface area contributed by atoms with Gasteiger partial charge in [-0.05, 0) is 36.8 Å². The zero-order valence-corrected chi connectivity index (χ0v) is 14.8. The number of primary amides is 1. The number of aromatic nitrogens is 2. The zero-order valence-electron chi connectivity index (χ0n) is 14.8. The van der Waals surface area contributed by atoms with E-state index in [4.69, 9.17) is 5.73 Å². The number of carbonyl (C=O) groups is 2. The molecule has 3 rings (SSSR count). The van der Waals surface area contributed by atoms with Crippen molar-refractivity contribution in [2.24, 2.45) is 5.73 Å². The standard InChI is InChI=1S/C20H20N4O3/c1-12(25)9-24-20(27)14-4-2-13(3-5-14)16-8-17-15(6-7-18(21)26)10-22-19(17)23-11-16/h2-8,10-12,25H,9H2,1H3,(H2,21,26)(H,22,23)(H,24,27)/b7-6+/t12-/m1/s1. The van der Waals surface area contributed by atoms with Crippen LogP contribution in [0.2, 0.25) is 0 Å². The molecule has 0 saturated carbocycles. The topological polar surface area (TPSA) is 121 Å². The van der Waals surface area contributed by atoms with E-state index in [1.54, 1.807) is 37.5 Å². The summed E-state index contributed by atoms with van der Waals surface area (Å²) in [5, 5.41) is 12.8. The minimum Gasteiger partial charge on any atom is -0.392 e. The fraction of sp³-hybridized carbons (Fsp3) is 0.150. The highest BCUT2D eigenvalue weighted by atomic mass is 16.3. The van der Waals surface area contributed by atoms with E-state index >= 15 is 0 Å². The van der Waals surface area contributed by atoms with Crippen LogP contribution in [0.15, 0.2) is 48.8 Å². The maximum Gasteiger partial charge on any atom is 0.251 e. The highest BCUT2D eigenvalue weighted by molar-refractivity contribution is 5.96. The summed E-state index contributed by atoms with van der Waals surface area (Å²) in [4.78, 5) is 30.4. The predicted molar refractivity (Wildman–Crippen MR) is 104 cm³/mol. The Bertz CT molecular complexity index is 1000. The molecule has 7 heteroatoms. The largest absolute Gasteiger partial charge is 0.392 e. The number of rotatable bonds is 6. The van der Waals surface area contributed by atoms with Gasteiger partial charge in [-0.3, -0.25) is 9.59 Å². The lowest BCUT2D eigenvalue weighted by atomic mass is 10.0. The molecule has 2 heterocycles. The van der Waals surface area contributed by atoms with E-state index < -0.39 is 12.0 Å². The molecule has 138 valence electrons. The van der Waals surface area contributed by atoms with Gasteiger partial charge in [-0.25, -0.2) is 4.98 Å². The number of amides is 2. The maximum atomic E-state index is 12.0. The van der Waals surface area contributed by atoms with E-state index in [2.05, 4.69) is 15.3 Å². The molecule has 1 atom stereocenters. The number of hydrogen-bond acceptors (Lipinski definition) is 4. The van der Waals surface area contributed by atoms with E-state index in [0.29, 0.717) is 11.2 Å². The first kappa shape index (κ1) is 18.3. The summed E-state index contributed by atoms with van der Waals surface area (Å²) in [6.07, 6.45) is 5.85. The van der Waals surface area contributed by atoms with E-state index in [-0.39, 0.29) is 12.5 Å². The van der Waals surface area contributed by atoms with Crippen molar-refractivity contribution in [2.45, 2.75) is 13.0 Å². The number of fused-ring (bicyclic) bond motifs is 1. The quantitative estimate of drug-likeness (QED) is 0.499. The molecule has 7 nitrogen and oxygen atoms in total. The lowest BCUT2D eigenvalue weighted by molar-refractivity contribution is -0.113. The van der Waals surface area contributed by atoms with Gasteiger partial charge in [0.05, 0.1) is 6.10 Å². The van der Waals surface area contributed by atoms with Crippen LogP contribution in [0.25, 0.3) is 28.2 Å². The van der Waals surface area contributed by atoms with Crippen molar-refractivity contribution < 1.29 is 14.7 Å². The third-order valence-electron chi connectivity index (χ3n) is 4.03. The third kappa shape index (κ3) is 4.39. The first-order valence-electron chi connectivity index (χ1n) is 8.45. The van der Waals surface area contributed by atoms with Gasteiger partial charge >= 0.3 is 0 Å². The minimum absolute atomic E-state index is 0.205. The molecule has 2 aromatic heterocycles. The van der Waals surface area contributed by atoms with Crippen molar-refractivity contribution in [3.05, 3.63) is 59.9 Å². The smallest absolute Gasteiger partial charge is 0.251 e. The van der Waals surface area contributed by atoms with Crippen LogP contribution >= 0.6 is 0 Å². The van der Waals surface area contributed by atoms with Crippen LogP contribution in [0, 0.1) is 0 Å². The van der Waals surface area contributed by atoms with Crippen LogP contribution in [-0.4, -0.2) is 39.5 Å². The van der Waals surface area contributed by atoms with Gasteiger partial charge in [0, 0.05) is 47.1 Å². The number of aliphatic hydroxyl groups is 1. The molecule has 0 unspecified atom stereocenters. The van der Waals surface area contributed by atoms with Gasteiger partial charge in [-0.2, -0.15) is 0 Å². The Balaban J connectivity index is 1.85. The number of nitrogens with one attached hydrogen (secondary N) is 2.